The fourth-order valence-corrected chi connectivity index (χ4v) is 8.25. The smallest absolute Gasteiger partial charge is 0.303 e. The molecular formula is C27H38N7O20P3S-4. The van der Waals surface area contributed by atoms with Gasteiger partial charge in [0.2, 0.25) is 11.8 Å². The third-order valence-electron chi connectivity index (χ3n) is 7.70. The lowest BCUT2D eigenvalue weighted by Gasteiger charge is -2.36. The van der Waals surface area contributed by atoms with Gasteiger partial charge in [0.1, 0.15) is 42.0 Å². The number of aliphatic carboxylic acids is 1. The van der Waals surface area contributed by atoms with E-state index in [1.807, 2.05) is 0 Å². The summed E-state index contributed by atoms with van der Waals surface area (Å²) < 4.78 is 60.3. The van der Waals surface area contributed by atoms with Gasteiger partial charge in [-0.15, -0.1) is 0 Å². The predicted molar refractivity (Wildman–Crippen MR) is 185 cm³/mol. The number of aliphatic hydroxyl groups excluding tert-OH is 2. The lowest BCUT2D eigenvalue weighted by Crippen LogP contribution is -2.46. The van der Waals surface area contributed by atoms with Gasteiger partial charge in [-0.05, 0) is 0 Å². The summed E-state index contributed by atoms with van der Waals surface area (Å²) in [6.07, 6.45) is -8.99. The van der Waals surface area contributed by atoms with Crippen molar-refractivity contribution >= 4 is 80.9 Å². The number of ketones is 1. The van der Waals surface area contributed by atoms with Gasteiger partial charge in [-0.1, -0.05) is 25.6 Å². The van der Waals surface area contributed by atoms with Crippen LogP contribution in [0.2, 0.25) is 0 Å². The second-order valence-electron chi connectivity index (χ2n) is 12.8. The molecule has 2 aromatic heterocycles. The number of carboxylic acids is 1. The van der Waals surface area contributed by atoms with Crippen LogP contribution in [0.5, 0.6) is 0 Å². The molecule has 0 spiro atoms. The van der Waals surface area contributed by atoms with Crippen LogP contribution in [-0.2, 0) is 60.3 Å². The molecule has 0 aromatic carbocycles. The number of nitrogens with zero attached hydrogens (tertiary/aromatic N) is 4. The number of phosphoric ester groups is 3. The Morgan fingerprint density at radius 2 is 1.69 bits per heavy atom. The molecule has 1 fully saturated rings. The Labute approximate surface area is 331 Å². The Balaban J connectivity index is 1.46. The van der Waals surface area contributed by atoms with E-state index in [1.165, 1.54) is 0 Å². The number of nitrogens with two attached hydrogens (primary N) is 1. The zero-order chi connectivity index (χ0) is 43.6. The molecule has 326 valence electrons. The van der Waals surface area contributed by atoms with E-state index < -0.39 is 114 Å². The first-order chi connectivity index (χ1) is 26.8. The average molecular weight is 906 g/mol. The minimum Gasteiger partial charge on any atom is -0.790 e. The zero-order valence-corrected chi connectivity index (χ0v) is 33.8. The van der Waals surface area contributed by atoms with Crippen molar-refractivity contribution in [2.24, 2.45) is 5.41 Å². The number of thioether (sulfide) groups is 1. The highest BCUT2D eigenvalue weighted by Crippen LogP contribution is 2.56. The molecule has 3 rings (SSSR count). The maximum atomic E-state index is 12.5. The van der Waals surface area contributed by atoms with Crippen molar-refractivity contribution in [3.8, 4) is 0 Å². The van der Waals surface area contributed by atoms with Crippen LogP contribution in [-0.4, -0.2) is 120 Å². The molecule has 1 aliphatic heterocycles. The second kappa shape index (κ2) is 20.8. The SMILES string of the molecule is CC(C)(COP(=O)([O-])OP(=O)([O-])OCC1OC(n2cnc3c(N)ncnc32)C(O)C1OP(=O)([O-])[O-])C(O)C(=O)NCCC(=O)NCCSC(=O)CC(=O)CCC(=O)O. The molecule has 31 heteroatoms. The minimum atomic E-state index is -5.94. The van der Waals surface area contributed by atoms with Crippen LogP contribution < -0.4 is 35.9 Å². The predicted octanol–water partition coefficient (Wildman–Crippen LogP) is -4.04. The first-order valence-electron chi connectivity index (χ1n) is 16.5. The molecule has 2 amide bonds. The number of amides is 2. The van der Waals surface area contributed by atoms with E-state index in [2.05, 4.69) is 43.5 Å². The molecule has 0 saturated carbocycles. The number of carbonyl (C=O) groups is 5. The fourth-order valence-electron chi connectivity index (χ4n) is 4.82. The summed E-state index contributed by atoms with van der Waals surface area (Å²) in [4.78, 5) is 118. The van der Waals surface area contributed by atoms with Gasteiger partial charge in [0, 0.05) is 37.1 Å². The van der Waals surface area contributed by atoms with Crippen molar-refractivity contribution in [1.29, 1.82) is 0 Å². The number of aliphatic hydroxyl groups is 2. The average Bonchev–Trinajstić information content (AvgIpc) is 3.67. The lowest BCUT2D eigenvalue weighted by atomic mass is 9.87. The van der Waals surface area contributed by atoms with Crippen LogP contribution in [0.15, 0.2) is 12.7 Å². The van der Waals surface area contributed by atoms with Gasteiger partial charge in [0.25, 0.3) is 15.6 Å². The van der Waals surface area contributed by atoms with Crippen molar-refractivity contribution in [3.63, 3.8) is 0 Å². The van der Waals surface area contributed by atoms with Gasteiger partial charge in [-0.2, -0.15) is 0 Å². The highest BCUT2D eigenvalue weighted by atomic mass is 32.2. The Morgan fingerprint density at radius 1 is 1.02 bits per heavy atom. The van der Waals surface area contributed by atoms with Gasteiger partial charge < -0.3 is 74.1 Å². The number of nitrogen functional groups attached to an aromatic ring is 1. The van der Waals surface area contributed by atoms with Crippen LogP contribution in [0.25, 0.3) is 11.2 Å². The summed E-state index contributed by atoms with van der Waals surface area (Å²) in [6.45, 7) is -0.320. The number of nitrogens with one attached hydrogen (secondary N) is 2. The van der Waals surface area contributed by atoms with E-state index in [9.17, 15) is 67.5 Å². The maximum absolute atomic E-state index is 12.5. The third-order valence-corrected chi connectivity index (χ3v) is 11.6. The van der Waals surface area contributed by atoms with Crippen LogP contribution in [0.1, 0.15) is 45.8 Å². The van der Waals surface area contributed by atoms with Crippen molar-refractivity contribution < 1.29 is 95.2 Å². The van der Waals surface area contributed by atoms with E-state index in [1.54, 1.807) is 0 Å². The number of ether oxygens (including phenoxy) is 1. The van der Waals surface area contributed by atoms with E-state index in [4.69, 9.17) is 15.6 Å². The molecule has 0 aliphatic carbocycles. The summed E-state index contributed by atoms with van der Waals surface area (Å²) in [5.41, 5.74) is 3.98. The number of carbonyl (C=O) groups excluding carboxylic acids is 4. The van der Waals surface area contributed by atoms with Crippen molar-refractivity contribution in [3.05, 3.63) is 12.7 Å². The largest absolute Gasteiger partial charge is 0.790 e. The molecule has 2 aromatic rings. The zero-order valence-electron chi connectivity index (χ0n) is 30.3. The molecule has 1 saturated heterocycles. The molecule has 3 heterocycles. The first-order valence-corrected chi connectivity index (χ1v) is 21.9. The number of Topliss-reactive ketones (excluding diaryl/α,β-unsaturated/α-hetero) is 1. The number of anilines is 1. The standard InChI is InChI=1S/C27H42N7O20P3S/c1-27(2,22(41)25(42)30-6-5-16(36)29-7-8-58-18(39)9-14(35)3-4-17(37)38)11-51-57(48,49)54-56(46,47)50-10-15-21(53-55(43,44)45)20(40)26(52-15)34-13-33-19-23(28)31-12-32-24(19)34/h12-13,15,20-22,26,40-41H,3-11H2,1-2H3,(H,29,36)(H,30,42)(H,37,38)(H,46,47)(H,48,49)(H2,28,31,32)(H2,43,44,45)/p-4. The molecule has 27 nitrogen and oxygen atoms in total. The van der Waals surface area contributed by atoms with Crippen LogP contribution >= 0.6 is 35.2 Å². The molecule has 7 atom stereocenters. The van der Waals surface area contributed by atoms with Crippen molar-refractivity contribution in [1.82, 2.24) is 30.2 Å². The van der Waals surface area contributed by atoms with E-state index in [-0.39, 0.29) is 48.7 Å². The van der Waals surface area contributed by atoms with Crippen LogP contribution in [0.3, 0.4) is 0 Å². The van der Waals surface area contributed by atoms with E-state index >= 15 is 0 Å². The summed E-state index contributed by atoms with van der Waals surface area (Å²) >= 11 is 0.753. The van der Waals surface area contributed by atoms with Crippen molar-refractivity contribution in [2.45, 2.75) is 70.2 Å². The number of hydrogen-bond acceptors (Lipinski definition) is 24. The summed E-state index contributed by atoms with van der Waals surface area (Å²) in [7, 11) is -17.7. The summed E-state index contributed by atoms with van der Waals surface area (Å²) in [5, 5.41) is 34.0. The van der Waals surface area contributed by atoms with Gasteiger partial charge in [-0.3, -0.25) is 37.7 Å². The Morgan fingerprint density at radius 3 is 2.34 bits per heavy atom. The summed E-state index contributed by atoms with van der Waals surface area (Å²) in [5.74, 6) is -3.35. The lowest BCUT2D eigenvalue weighted by molar-refractivity contribution is -0.347. The monoisotopic (exact) mass is 905 g/mol. The first kappa shape index (κ1) is 49.1. The molecule has 0 radical (unpaired) electrons. The van der Waals surface area contributed by atoms with Crippen LogP contribution in [0, 0.1) is 5.41 Å². The van der Waals surface area contributed by atoms with Gasteiger partial charge in [-0.25, -0.2) is 19.3 Å². The number of fused-ring (bicyclic) bond motifs is 1. The summed E-state index contributed by atoms with van der Waals surface area (Å²) in [6, 6.07) is 0. The Kier molecular flexibility index (Phi) is 17.6. The molecule has 7 unspecified atom stereocenters. The fraction of sp³-hybridized carbons (Fsp3) is 0.630. The number of phosphoric acid groups is 3. The van der Waals surface area contributed by atoms with Crippen LogP contribution in [0.4, 0.5) is 5.82 Å². The molecule has 58 heavy (non-hydrogen) atoms. The highest BCUT2D eigenvalue weighted by Gasteiger charge is 2.47. The number of aromatic nitrogens is 4. The van der Waals surface area contributed by atoms with Gasteiger partial charge in [0.05, 0.1) is 40.2 Å². The number of hydrogen-bond donors (Lipinski definition) is 6. The third kappa shape index (κ3) is 15.4. The Hall–Kier alpha value is -3.30. The van der Waals surface area contributed by atoms with Gasteiger partial charge in [0.15, 0.2) is 22.8 Å². The minimum absolute atomic E-state index is 0.00736. The quantitative estimate of drug-likeness (QED) is 0.0332. The molecule has 1 aliphatic rings. The second-order valence-corrected chi connectivity index (χ2v) is 18.0. The van der Waals surface area contributed by atoms with E-state index in [0.717, 1.165) is 42.8 Å². The topological polar surface area (TPSA) is 429 Å². The number of imidazole rings is 1. The molecule has 7 N–H and O–H groups in total. The van der Waals surface area contributed by atoms with E-state index in [0.29, 0.717) is 0 Å². The number of rotatable bonds is 24. The molecular weight excluding hydrogens is 867 g/mol. The highest BCUT2D eigenvalue weighted by molar-refractivity contribution is 8.13. The number of carboxylic acid groups (broad SMARTS) is 1. The normalized spacial score (nSPS) is 21.2. The Bertz CT molecular complexity index is 1960. The van der Waals surface area contributed by atoms with Gasteiger partial charge >= 0.3 is 5.97 Å². The molecule has 0 bridgehead atoms. The van der Waals surface area contributed by atoms with Crippen molar-refractivity contribution in [2.75, 3.05) is 37.8 Å². The maximum Gasteiger partial charge on any atom is 0.303 e.